The molecular weight excluding hydrogens is 202 g/mol. The number of nitrogens with zero attached hydrogens (tertiary/aromatic N) is 2. The topological polar surface area (TPSA) is 62.4 Å². The van der Waals surface area contributed by atoms with Crippen LogP contribution in [0, 0.1) is 0 Å². The van der Waals surface area contributed by atoms with Crippen LogP contribution in [0.5, 0.6) is 0 Å². The third-order valence-electron chi connectivity index (χ3n) is 2.91. The van der Waals surface area contributed by atoms with Gasteiger partial charge in [-0.25, -0.2) is 4.98 Å². The van der Waals surface area contributed by atoms with Gasteiger partial charge in [-0.15, -0.1) is 0 Å². The summed E-state index contributed by atoms with van der Waals surface area (Å²) >= 11 is 0. The Morgan fingerprint density at radius 3 is 2.94 bits per heavy atom. The number of aliphatic hydroxyl groups is 1. The van der Waals surface area contributed by atoms with Crippen molar-refractivity contribution >= 4 is 5.82 Å². The molecule has 0 saturated heterocycles. The number of nitrogens with two attached hydrogens (primary N) is 1. The Morgan fingerprint density at radius 1 is 1.62 bits per heavy atom. The second-order valence-corrected chi connectivity index (χ2v) is 4.35. The van der Waals surface area contributed by atoms with Crippen LogP contribution < -0.4 is 10.6 Å². The predicted molar refractivity (Wildman–Crippen MR) is 64.3 cm³/mol. The van der Waals surface area contributed by atoms with Crippen LogP contribution in [-0.2, 0) is 0 Å². The summed E-state index contributed by atoms with van der Waals surface area (Å²) in [7, 11) is 0. The Morgan fingerprint density at radius 2 is 2.38 bits per heavy atom. The maximum absolute atomic E-state index is 9.10. The minimum absolute atomic E-state index is 0.0244. The number of hydrogen-bond acceptors (Lipinski definition) is 4. The van der Waals surface area contributed by atoms with Crippen LogP contribution in [0.3, 0.4) is 0 Å². The molecule has 1 aromatic rings. The van der Waals surface area contributed by atoms with Crippen molar-refractivity contribution in [1.82, 2.24) is 4.98 Å². The van der Waals surface area contributed by atoms with Crippen molar-refractivity contribution in [2.75, 3.05) is 18.1 Å². The van der Waals surface area contributed by atoms with Crippen LogP contribution >= 0.6 is 0 Å². The summed E-state index contributed by atoms with van der Waals surface area (Å²) in [5, 5.41) is 9.10. The minimum Gasteiger partial charge on any atom is -0.395 e. The van der Waals surface area contributed by atoms with E-state index in [-0.39, 0.29) is 12.6 Å². The molecule has 0 unspecified atom stereocenters. The monoisotopic (exact) mass is 221 g/mol. The first kappa shape index (κ1) is 11.4. The maximum atomic E-state index is 9.10. The van der Waals surface area contributed by atoms with Crippen molar-refractivity contribution in [3.63, 3.8) is 0 Å². The van der Waals surface area contributed by atoms with Crippen molar-refractivity contribution in [3.05, 3.63) is 23.9 Å². The summed E-state index contributed by atoms with van der Waals surface area (Å²) in [6, 6.07) is 4.44. The lowest BCUT2D eigenvalue weighted by molar-refractivity contribution is 0.301. The van der Waals surface area contributed by atoms with Crippen molar-refractivity contribution in [3.8, 4) is 0 Å². The Labute approximate surface area is 96.1 Å². The number of hydrogen-bond donors (Lipinski definition) is 2. The van der Waals surface area contributed by atoms with Crippen LogP contribution in [0.1, 0.15) is 31.4 Å². The molecule has 0 aromatic carbocycles. The smallest absolute Gasteiger partial charge is 0.133 e. The molecule has 1 fully saturated rings. The molecule has 0 aliphatic heterocycles. The van der Waals surface area contributed by atoms with Gasteiger partial charge in [0.05, 0.1) is 6.61 Å². The average Bonchev–Trinajstić information content (AvgIpc) is 3.10. The van der Waals surface area contributed by atoms with Gasteiger partial charge >= 0.3 is 0 Å². The zero-order chi connectivity index (χ0) is 11.5. The SMILES string of the molecule is C[C@@H](N)c1cccnc1N(CCO)C1CC1. The molecule has 0 radical (unpaired) electrons. The lowest BCUT2D eigenvalue weighted by Crippen LogP contribution is -2.31. The molecule has 16 heavy (non-hydrogen) atoms. The van der Waals surface area contributed by atoms with E-state index < -0.39 is 0 Å². The summed E-state index contributed by atoms with van der Waals surface area (Å²) in [6.07, 6.45) is 4.16. The highest BCUT2D eigenvalue weighted by atomic mass is 16.3. The molecule has 2 rings (SSSR count). The quantitative estimate of drug-likeness (QED) is 0.780. The Kier molecular flexibility index (Phi) is 3.41. The van der Waals surface area contributed by atoms with E-state index in [1.807, 2.05) is 19.1 Å². The highest BCUT2D eigenvalue weighted by Crippen LogP contribution is 2.33. The molecule has 3 N–H and O–H groups in total. The molecule has 4 nitrogen and oxygen atoms in total. The lowest BCUT2D eigenvalue weighted by atomic mass is 10.1. The number of anilines is 1. The molecular formula is C12H19N3O. The average molecular weight is 221 g/mol. The maximum Gasteiger partial charge on any atom is 0.133 e. The zero-order valence-corrected chi connectivity index (χ0v) is 9.63. The molecule has 1 saturated carbocycles. The van der Waals surface area contributed by atoms with E-state index in [1.165, 1.54) is 12.8 Å². The molecule has 0 amide bonds. The first-order valence-corrected chi connectivity index (χ1v) is 5.82. The second-order valence-electron chi connectivity index (χ2n) is 4.35. The van der Waals surface area contributed by atoms with Crippen molar-refractivity contribution in [2.24, 2.45) is 5.73 Å². The van der Waals surface area contributed by atoms with Gasteiger partial charge in [-0.3, -0.25) is 0 Å². The first-order valence-electron chi connectivity index (χ1n) is 5.82. The fourth-order valence-electron chi connectivity index (χ4n) is 1.96. The van der Waals surface area contributed by atoms with Crippen LogP contribution in [0.4, 0.5) is 5.82 Å². The molecule has 1 aliphatic rings. The van der Waals surface area contributed by atoms with E-state index in [9.17, 15) is 0 Å². The molecule has 88 valence electrons. The largest absolute Gasteiger partial charge is 0.395 e. The Balaban J connectivity index is 2.28. The van der Waals surface area contributed by atoms with E-state index in [0.717, 1.165) is 11.4 Å². The van der Waals surface area contributed by atoms with E-state index in [0.29, 0.717) is 12.6 Å². The van der Waals surface area contributed by atoms with Gasteiger partial charge in [0.1, 0.15) is 5.82 Å². The summed E-state index contributed by atoms with van der Waals surface area (Å²) in [4.78, 5) is 6.59. The normalized spacial score (nSPS) is 17.2. The van der Waals surface area contributed by atoms with Gasteiger partial charge in [0.25, 0.3) is 0 Å². The number of rotatable bonds is 5. The lowest BCUT2D eigenvalue weighted by Gasteiger charge is -2.25. The fourth-order valence-corrected chi connectivity index (χ4v) is 1.96. The van der Waals surface area contributed by atoms with Gasteiger partial charge in [0.2, 0.25) is 0 Å². The summed E-state index contributed by atoms with van der Waals surface area (Å²) in [5.74, 6) is 0.939. The first-order chi connectivity index (χ1) is 7.74. The summed E-state index contributed by atoms with van der Waals surface area (Å²) in [6.45, 7) is 2.76. The van der Waals surface area contributed by atoms with Crippen molar-refractivity contribution in [1.29, 1.82) is 0 Å². The van der Waals surface area contributed by atoms with E-state index in [4.69, 9.17) is 10.8 Å². The molecule has 4 heteroatoms. The minimum atomic E-state index is -0.0244. The van der Waals surface area contributed by atoms with Gasteiger partial charge in [0, 0.05) is 30.4 Å². The molecule has 1 aliphatic carbocycles. The van der Waals surface area contributed by atoms with E-state index >= 15 is 0 Å². The van der Waals surface area contributed by atoms with Gasteiger partial charge in [-0.1, -0.05) is 6.07 Å². The fraction of sp³-hybridized carbons (Fsp3) is 0.583. The molecule has 1 heterocycles. The van der Waals surface area contributed by atoms with Crippen LogP contribution in [-0.4, -0.2) is 29.3 Å². The summed E-state index contributed by atoms with van der Waals surface area (Å²) < 4.78 is 0. The van der Waals surface area contributed by atoms with Gasteiger partial charge in [-0.05, 0) is 25.8 Å². The second kappa shape index (κ2) is 4.80. The Hall–Kier alpha value is -1.13. The van der Waals surface area contributed by atoms with Gasteiger partial charge < -0.3 is 15.7 Å². The number of pyridine rings is 1. The molecule has 1 aromatic heterocycles. The number of aromatic nitrogens is 1. The van der Waals surface area contributed by atoms with E-state index in [2.05, 4.69) is 9.88 Å². The Bertz CT molecular complexity index is 350. The van der Waals surface area contributed by atoms with Crippen LogP contribution in [0.2, 0.25) is 0 Å². The zero-order valence-electron chi connectivity index (χ0n) is 9.63. The summed E-state index contributed by atoms with van der Waals surface area (Å²) in [5.41, 5.74) is 7.00. The van der Waals surface area contributed by atoms with Gasteiger partial charge in [-0.2, -0.15) is 0 Å². The molecule has 0 spiro atoms. The molecule has 0 bridgehead atoms. The third-order valence-corrected chi connectivity index (χ3v) is 2.91. The van der Waals surface area contributed by atoms with Gasteiger partial charge in [0.15, 0.2) is 0 Å². The van der Waals surface area contributed by atoms with E-state index in [1.54, 1.807) is 6.20 Å². The predicted octanol–water partition coefficient (Wildman–Crippen LogP) is 1.06. The van der Waals surface area contributed by atoms with Crippen molar-refractivity contribution in [2.45, 2.75) is 31.8 Å². The number of aliphatic hydroxyl groups excluding tert-OH is 1. The highest BCUT2D eigenvalue weighted by Gasteiger charge is 2.31. The third kappa shape index (κ3) is 2.33. The highest BCUT2D eigenvalue weighted by molar-refractivity contribution is 5.50. The standard InChI is InChI=1S/C12H19N3O/c1-9(13)11-3-2-6-14-12(11)15(7-8-16)10-4-5-10/h2-3,6,9-10,16H,4-5,7-8,13H2,1H3/t9-/m1/s1. The molecule has 1 atom stereocenters. The van der Waals surface area contributed by atoms with Crippen LogP contribution in [0.25, 0.3) is 0 Å². The van der Waals surface area contributed by atoms with Crippen LogP contribution in [0.15, 0.2) is 18.3 Å². The van der Waals surface area contributed by atoms with Crippen molar-refractivity contribution < 1.29 is 5.11 Å².